The van der Waals surface area contributed by atoms with Crippen LogP contribution in [0.4, 0.5) is 10.1 Å². The van der Waals surface area contributed by atoms with Crippen molar-refractivity contribution in [2.24, 2.45) is 0 Å². The van der Waals surface area contributed by atoms with Crippen molar-refractivity contribution >= 4 is 34.2 Å². The van der Waals surface area contributed by atoms with Crippen LogP contribution in [0.3, 0.4) is 0 Å². The third kappa shape index (κ3) is 3.36. The van der Waals surface area contributed by atoms with Gasteiger partial charge in [-0.25, -0.2) is 17.1 Å². The molecule has 2 aromatic carbocycles. The van der Waals surface area contributed by atoms with Crippen LogP contribution in [-0.2, 0) is 21.3 Å². The zero-order chi connectivity index (χ0) is 19.1. The van der Waals surface area contributed by atoms with Crippen LogP contribution >= 0.6 is 0 Å². The van der Waals surface area contributed by atoms with Gasteiger partial charge < -0.3 is 15.0 Å². The fourth-order valence-electron chi connectivity index (χ4n) is 2.54. The zero-order valence-electron chi connectivity index (χ0n) is 14.1. The Morgan fingerprint density at radius 1 is 1.27 bits per heavy atom. The van der Waals surface area contributed by atoms with Crippen LogP contribution in [0.1, 0.15) is 15.9 Å². The molecule has 0 atom stereocenters. The van der Waals surface area contributed by atoms with Crippen molar-refractivity contribution in [2.75, 3.05) is 19.4 Å². The average molecular weight is 378 g/mol. The van der Waals surface area contributed by atoms with Crippen LogP contribution in [0.15, 0.2) is 41.3 Å². The molecule has 0 saturated carbocycles. The van der Waals surface area contributed by atoms with Crippen LogP contribution in [0.5, 0.6) is 0 Å². The number of hydrogen-bond acceptors (Lipinski definition) is 5. The average Bonchev–Trinajstić information content (AvgIpc) is 2.94. The highest BCUT2D eigenvalue weighted by molar-refractivity contribution is 7.89. The first-order chi connectivity index (χ1) is 12.2. The summed E-state index contributed by atoms with van der Waals surface area (Å²) in [4.78, 5) is 12.4. The van der Waals surface area contributed by atoms with E-state index in [4.69, 9.17) is 4.65 Å². The number of sulfonamides is 1. The van der Waals surface area contributed by atoms with E-state index in [1.807, 2.05) is 0 Å². The molecule has 3 rings (SSSR count). The summed E-state index contributed by atoms with van der Waals surface area (Å²) >= 11 is 0. The molecule has 0 spiro atoms. The summed E-state index contributed by atoms with van der Waals surface area (Å²) in [7, 11) is -1.93. The Hall–Kier alpha value is -2.27. The molecule has 0 aromatic heterocycles. The fraction of sp³-hybridized carbons (Fsp3) is 0.188. The molecule has 2 N–H and O–H groups in total. The summed E-state index contributed by atoms with van der Waals surface area (Å²) < 4.78 is 44.3. The lowest BCUT2D eigenvalue weighted by molar-refractivity contribution is 0.102. The largest absolute Gasteiger partial charge is 0.491 e. The monoisotopic (exact) mass is 378 g/mol. The maximum atomic E-state index is 14.2. The number of amides is 1. The number of benzene rings is 2. The molecule has 1 heterocycles. The molecular weight excluding hydrogens is 362 g/mol. The smallest absolute Gasteiger partial charge is 0.423 e. The maximum Gasteiger partial charge on any atom is 0.491 e. The number of carbonyl (C=O) groups is 1. The Morgan fingerprint density at radius 2 is 1.92 bits per heavy atom. The van der Waals surface area contributed by atoms with Gasteiger partial charge in [-0.15, -0.1) is 0 Å². The maximum absolute atomic E-state index is 14.2. The summed E-state index contributed by atoms with van der Waals surface area (Å²) in [5, 5.41) is 12.2. The van der Waals surface area contributed by atoms with Crippen LogP contribution in [0.2, 0.25) is 0 Å². The van der Waals surface area contributed by atoms with Crippen molar-refractivity contribution in [1.29, 1.82) is 0 Å². The molecule has 10 heteroatoms. The molecule has 136 valence electrons. The summed E-state index contributed by atoms with van der Waals surface area (Å²) in [6.45, 7) is 0.0805. The third-order valence-electron chi connectivity index (χ3n) is 4.03. The van der Waals surface area contributed by atoms with E-state index in [2.05, 4.69) is 5.32 Å². The standard InChI is InChI=1S/C16H16BFN2O5S/c1-20(2)26(23,24)12-5-3-11(4-6-12)19-16(21)13-8-14-10(7-15(13)18)9-25-17(14)22/h3-8,22H,9H2,1-2H3,(H,19,21). The molecule has 0 saturated heterocycles. The Balaban J connectivity index is 1.82. The molecular formula is C16H16BFN2O5S. The molecule has 26 heavy (non-hydrogen) atoms. The number of anilines is 1. The lowest BCUT2D eigenvalue weighted by Gasteiger charge is -2.12. The van der Waals surface area contributed by atoms with Gasteiger partial charge in [0.25, 0.3) is 5.91 Å². The molecule has 0 fully saturated rings. The Labute approximate surface area is 150 Å². The lowest BCUT2D eigenvalue weighted by atomic mass is 9.78. The number of carbonyl (C=O) groups excluding carboxylic acids is 1. The summed E-state index contributed by atoms with van der Waals surface area (Å²) in [6, 6.07) is 7.94. The predicted octanol–water partition coefficient (Wildman–Crippen LogP) is 0.546. The Bertz CT molecular complexity index is 963. The summed E-state index contributed by atoms with van der Waals surface area (Å²) in [6.07, 6.45) is 0. The van der Waals surface area contributed by atoms with Gasteiger partial charge in [-0.2, -0.15) is 0 Å². The van der Waals surface area contributed by atoms with Gasteiger partial charge in [0.15, 0.2) is 0 Å². The first-order valence-electron chi connectivity index (χ1n) is 7.66. The van der Waals surface area contributed by atoms with Gasteiger partial charge in [-0.1, -0.05) is 0 Å². The van der Waals surface area contributed by atoms with Crippen LogP contribution < -0.4 is 10.8 Å². The molecule has 7 nitrogen and oxygen atoms in total. The first kappa shape index (κ1) is 18.5. The molecule has 1 amide bonds. The molecule has 1 aliphatic heterocycles. The van der Waals surface area contributed by atoms with E-state index in [0.29, 0.717) is 16.7 Å². The Morgan fingerprint density at radius 3 is 2.54 bits per heavy atom. The van der Waals surface area contributed by atoms with Gasteiger partial charge in [-0.3, -0.25) is 4.79 Å². The number of nitrogens with one attached hydrogen (secondary N) is 1. The number of halogens is 1. The van der Waals surface area contributed by atoms with Gasteiger partial charge in [-0.05, 0) is 47.4 Å². The minimum Gasteiger partial charge on any atom is -0.423 e. The lowest BCUT2D eigenvalue weighted by Crippen LogP contribution is -2.30. The van der Waals surface area contributed by atoms with Crippen molar-refractivity contribution in [1.82, 2.24) is 4.31 Å². The SMILES string of the molecule is CN(C)S(=O)(=O)c1ccc(NC(=O)c2cc3c(cc2F)COB3O)cc1. The van der Waals surface area contributed by atoms with E-state index in [-0.39, 0.29) is 17.1 Å². The summed E-state index contributed by atoms with van der Waals surface area (Å²) in [5.41, 5.74) is 0.913. The van der Waals surface area contributed by atoms with E-state index < -0.39 is 28.9 Å². The van der Waals surface area contributed by atoms with Gasteiger partial charge in [0.2, 0.25) is 10.0 Å². The molecule has 0 unspecified atom stereocenters. The van der Waals surface area contributed by atoms with Crippen molar-refractivity contribution in [3.05, 3.63) is 53.3 Å². The minimum absolute atomic E-state index is 0.0736. The van der Waals surface area contributed by atoms with Crippen LogP contribution in [0.25, 0.3) is 0 Å². The zero-order valence-corrected chi connectivity index (χ0v) is 14.9. The van der Waals surface area contributed by atoms with Crippen LogP contribution in [-0.4, -0.2) is 44.9 Å². The van der Waals surface area contributed by atoms with Gasteiger partial charge in [0.05, 0.1) is 17.1 Å². The minimum atomic E-state index is -3.58. The number of fused-ring (bicyclic) bond motifs is 1. The third-order valence-corrected chi connectivity index (χ3v) is 5.86. The second-order valence-electron chi connectivity index (χ2n) is 5.96. The number of nitrogens with zero attached hydrogens (tertiary/aromatic N) is 1. The van der Waals surface area contributed by atoms with E-state index in [1.165, 1.54) is 44.4 Å². The van der Waals surface area contributed by atoms with Gasteiger partial charge in [0.1, 0.15) is 5.82 Å². The predicted molar refractivity (Wildman–Crippen MR) is 94.1 cm³/mol. The molecule has 0 radical (unpaired) electrons. The van der Waals surface area contributed by atoms with Crippen LogP contribution in [0, 0.1) is 5.82 Å². The normalized spacial score (nSPS) is 13.8. The highest BCUT2D eigenvalue weighted by atomic mass is 32.2. The molecule has 2 aromatic rings. The van der Waals surface area contributed by atoms with E-state index in [0.717, 1.165) is 10.4 Å². The van der Waals surface area contributed by atoms with Crippen molar-refractivity contribution in [3.63, 3.8) is 0 Å². The van der Waals surface area contributed by atoms with Crippen molar-refractivity contribution in [3.8, 4) is 0 Å². The highest BCUT2D eigenvalue weighted by Gasteiger charge is 2.30. The van der Waals surface area contributed by atoms with E-state index >= 15 is 0 Å². The fourth-order valence-corrected chi connectivity index (χ4v) is 3.44. The summed E-state index contributed by atoms with van der Waals surface area (Å²) in [5.74, 6) is -1.45. The van der Waals surface area contributed by atoms with E-state index in [9.17, 15) is 22.6 Å². The number of rotatable bonds is 4. The topological polar surface area (TPSA) is 95.9 Å². The molecule has 0 bridgehead atoms. The molecule has 1 aliphatic rings. The highest BCUT2D eigenvalue weighted by Crippen LogP contribution is 2.19. The Kier molecular flexibility index (Phi) is 4.85. The van der Waals surface area contributed by atoms with Crippen molar-refractivity contribution < 1.29 is 27.3 Å². The quantitative estimate of drug-likeness (QED) is 0.758. The van der Waals surface area contributed by atoms with Gasteiger partial charge >= 0.3 is 7.12 Å². The first-order valence-corrected chi connectivity index (χ1v) is 9.10. The second-order valence-corrected chi connectivity index (χ2v) is 8.11. The van der Waals surface area contributed by atoms with Gasteiger partial charge in [0, 0.05) is 19.8 Å². The number of hydrogen-bond donors (Lipinski definition) is 2. The molecule has 0 aliphatic carbocycles. The second kappa shape index (κ2) is 6.80. The van der Waals surface area contributed by atoms with Crippen molar-refractivity contribution in [2.45, 2.75) is 11.5 Å². The van der Waals surface area contributed by atoms with E-state index in [1.54, 1.807) is 0 Å².